The predicted octanol–water partition coefficient (Wildman–Crippen LogP) is -1.85. The van der Waals surface area contributed by atoms with E-state index in [1.54, 1.807) is 0 Å². The average Bonchev–Trinajstić information content (AvgIpc) is 2.42. The van der Waals surface area contributed by atoms with Gasteiger partial charge in [0.1, 0.15) is 0 Å². The molecule has 2 N–H and O–H groups in total. The number of nitrogens with zero attached hydrogens (tertiary/aromatic N) is 1. The van der Waals surface area contributed by atoms with E-state index in [1.807, 2.05) is 0 Å². The number of carbonyl (C=O) groups excluding carboxylic acids is 1. The van der Waals surface area contributed by atoms with Gasteiger partial charge in [-0.15, -0.1) is 0 Å². The first-order valence-corrected chi connectivity index (χ1v) is 7.95. The number of rotatable bonds is 2. The van der Waals surface area contributed by atoms with E-state index in [9.17, 15) is 4.79 Å². The molecule has 0 unspecified atom stereocenters. The van der Waals surface area contributed by atoms with Gasteiger partial charge in [-0.3, -0.25) is 4.79 Å². The van der Waals surface area contributed by atoms with Gasteiger partial charge in [-0.25, -0.2) is 0 Å². The van der Waals surface area contributed by atoms with Gasteiger partial charge in [0, 0.05) is 31.3 Å². The lowest BCUT2D eigenvalue weighted by molar-refractivity contribution is -0.713. The van der Waals surface area contributed by atoms with Crippen LogP contribution in [0, 0.1) is 11.8 Å². The standard InChI is InChI=1S/C15H26N2O.ClH/c18-14-8-1-2-10-17(14)11-13-6-3-5-12-7-4-9-16-15(12)13;/h12-13,15-16H,1-11H2;1H/t12-,13-,15+;/m0./s1. The summed E-state index contributed by atoms with van der Waals surface area (Å²) in [4.78, 5) is 14.1. The highest BCUT2D eigenvalue weighted by molar-refractivity contribution is 5.76. The Balaban J connectivity index is 0.00000133. The first kappa shape index (κ1) is 15.1. The van der Waals surface area contributed by atoms with Crippen molar-refractivity contribution in [3.63, 3.8) is 0 Å². The second kappa shape index (κ2) is 6.94. The van der Waals surface area contributed by atoms with E-state index in [2.05, 4.69) is 10.2 Å². The maximum atomic E-state index is 11.9. The molecule has 3 aliphatic rings. The molecule has 0 radical (unpaired) electrons. The molecule has 1 aliphatic carbocycles. The van der Waals surface area contributed by atoms with Gasteiger partial charge in [0.15, 0.2) is 0 Å². The van der Waals surface area contributed by atoms with Crippen LogP contribution in [0.15, 0.2) is 0 Å². The lowest BCUT2D eigenvalue weighted by Crippen LogP contribution is -3.00. The normalized spacial score (nSPS) is 35.5. The molecule has 0 aromatic rings. The van der Waals surface area contributed by atoms with Crippen LogP contribution >= 0.6 is 0 Å². The largest absolute Gasteiger partial charge is 1.00 e. The van der Waals surface area contributed by atoms with E-state index in [0.29, 0.717) is 5.91 Å². The number of piperidine rings is 2. The summed E-state index contributed by atoms with van der Waals surface area (Å²) in [6, 6.07) is 0.822. The van der Waals surface area contributed by atoms with Crippen LogP contribution in [0.3, 0.4) is 0 Å². The predicted molar refractivity (Wildman–Crippen MR) is 71.1 cm³/mol. The van der Waals surface area contributed by atoms with Crippen LogP contribution in [0.25, 0.3) is 0 Å². The van der Waals surface area contributed by atoms with Crippen LogP contribution in [0.2, 0.25) is 0 Å². The van der Waals surface area contributed by atoms with Crippen molar-refractivity contribution in [3.05, 3.63) is 0 Å². The lowest BCUT2D eigenvalue weighted by Gasteiger charge is -2.41. The Bertz CT molecular complexity index is 309. The van der Waals surface area contributed by atoms with Crippen LogP contribution < -0.4 is 17.7 Å². The minimum Gasteiger partial charge on any atom is -1.00 e. The third kappa shape index (κ3) is 3.43. The summed E-state index contributed by atoms with van der Waals surface area (Å²) in [5.74, 6) is 2.13. The topological polar surface area (TPSA) is 36.9 Å². The molecule has 1 amide bonds. The maximum absolute atomic E-state index is 11.9. The second-order valence-electron chi connectivity index (χ2n) is 6.49. The number of halogens is 1. The zero-order valence-corrected chi connectivity index (χ0v) is 12.6. The molecular formula is C15H27ClN2O. The highest BCUT2D eigenvalue weighted by Crippen LogP contribution is 2.32. The number of nitrogens with two attached hydrogens (primary N) is 1. The number of hydrogen-bond acceptors (Lipinski definition) is 1. The van der Waals surface area contributed by atoms with Crippen LogP contribution in [0.1, 0.15) is 51.4 Å². The highest BCUT2D eigenvalue weighted by Gasteiger charge is 2.39. The molecule has 1 saturated carbocycles. The quantitative estimate of drug-likeness (QED) is 0.636. The molecular weight excluding hydrogens is 260 g/mol. The summed E-state index contributed by atoms with van der Waals surface area (Å²) < 4.78 is 0. The van der Waals surface area contributed by atoms with Gasteiger partial charge in [0.25, 0.3) is 0 Å². The third-order valence-electron chi connectivity index (χ3n) is 5.33. The minimum atomic E-state index is 0. The minimum absolute atomic E-state index is 0. The van der Waals surface area contributed by atoms with E-state index in [-0.39, 0.29) is 12.4 Å². The molecule has 110 valence electrons. The number of fused-ring (bicyclic) bond motifs is 1. The molecule has 0 aromatic heterocycles. The van der Waals surface area contributed by atoms with Gasteiger partial charge in [0.05, 0.1) is 12.6 Å². The monoisotopic (exact) mass is 286 g/mol. The first-order chi connectivity index (χ1) is 8.84. The van der Waals surface area contributed by atoms with Crippen molar-refractivity contribution < 1.29 is 22.5 Å². The fourth-order valence-electron chi connectivity index (χ4n) is 4.37. The number of amides is 1. The van der Waals surface area contributed by atoms with E-state index < -0.39 is 0 Å². The number of quaternary nitrogens is 1. The Morgan fingerprint density at radius 1 is 1.11 bits per heavy atom. The van der Waals surface area contributed by atoms with Gasteiger partial charge in [-0.1, -0.05) is 6.42 Å². The summed E-state index contributed by atoms with van der Waals surface area (Å²) in [5, 5.41) is 2.59. The van der Waals surface area contributed by atoms with E-state index in [4.69, 9.17) is 0 Å². The maximum Gasteiger partial charge on any atom is 0.222 e. The second-order valence-corrected chi connectivity index (χ2v) is 6.49. The molecule has 3 nitrogen and oxygen atoms in total. The molecule has 2 aliphatic heterocycles. The lowest BCUT2D eigenvalue weighted by atomic mass is 9.73. The van der Waals surface area contributed by atoms with Gasteiger partial charge >= 0.3 is 0 Å². The van der Waals surface area contributed by atoms with Crippen molar-refractivity contribution >= 4 is 5.91 Å². The van der Waals surface area contributed by atoms with Crippen LogP contribution in [-0.4, -0.2) is 36.5 Å². The van der Waals surface area contributed by atoms with E-state index in [1.165, 1.54) is 45.1 Å². The SMILES string of the molecule is O=C1CCCCN1C[C@@H]1CCC[C@H]2CCC[NH2+][C@H]21.[Cl-]. The first-order valence-electron chi connectivity index (χ1n) is 7.95. The van der Waals surface area contributed by atoms with E-state index >= 15 is 0 Å². The van der Waals surface area contributed by atoms with Crippen molar-refractivity contribution in [3.8, 4) is 0 Å². The van der Waals surface area contributed by atoms with Crippen molar-refractivity contribution in [2.24, 2.45) is 11.8 Å². The molecule has 0 bridgehead atoms. The van der Waals surface area contributed by atoms with Gasteiger partial charge in [-0.05, 0) is 38.5 Å². The molecule has 19 heavy (non-hydrogen) atoms. The third-order valence-corrected chi connectivity index (χ3v) is 5.33. The Hall–Kier alpha value is -0.280. The Kier molecular flexibility index (Phi) is 5.52. The molecule has 3 rings (SSSR count). The van der Waals surface area contributed by atoms with Crippen LogP contribution in [0.5, 0.6) is 0 Å². The van der Waals surface area contributed by atoms with Crippen molar-refractivity contribution in [2.75, 3.05) is 19.6 Å². The number of hydrogen-bond donors (Lipinski definition) is 1. The van der Waals surface area contributed by atoms with Gasteiger partial charge < -0.3 is 22.6 Å². The van der Waals surface area contributed by atoms with Crippen molar-refractivity contribution in [1.82, 2.24) is 4.90 Å². The van der Waals surface area contributed by atoms with E-state index in [0.717, 1.165) is 43.8 Å². The smallest absolute Gasteiger partial charge is 0.222 e. The zero-order chi connectivity index (χ0) is 12.4. The fourth-order valence-corrected chi connectivity index (χ4v) is 4.37. The van der Waals surface area contributed by atoms with Crippen LogP contribution in [-0.2, 0) is 4.79 Å². The average molecular weight is 287 g/mol. The summed E-state index contributed by atoms with van der Waals surface area (Å²) in [7, 11) is 0. The highest BCUT2D eigenvalue weighted by atomic mass is 35.5. The summed E-state index contributed by atoms with van der Waals surface area (Å²) in [6.07, 6.45) is 10.1. The Morgan fingerprint density at radius 2 is 1.95 bits per heavy atom. The Morgan fingerprint density at radius 3 is 2.79 bits per heavy atom. The van der Waals surface area contributed by atoms with Crippen LogP contribution in [0.4, 0.5) is 0 Å². The summed E-state index contributed by atoms with van der Waals surface area (Å²) in [6.45, 7) is 3.38. The molecule has 3 fully saturated rings. The summed E-state index contributed by atoms with van der Waals surface area (Å²) >= 11 is 0. The number of carbonyl (C=O) groups is 1. The molecule has 4 heteroatoms. The Labute approximate surface area is 122 Å². The van der Waals surface area contributed by atoms with Crippen molar-refractivity contribution in [1.29, 1.82) is 0 Å². The molecule has 0 spiro atoms. The fraction of sp³-hybridized carbons (Fsp3) is 0.933. The zero-order valence-electron chi connectivity index (χ0n) is 11.8. The molecule has 3 atom stereocenters. The van der Waals surface area contributed by atoms with Crippen molar-refractivity contribution in [2.45, 2.75) is 57.4 Å². The number of likely N-dealkylation sites (tertiary alicyclic amines) is 1. The molecule has 2 heterocycles. The van der Waals surface area contributed by atoms with Gasteiger partial charge in [0.2, 0.25) is 5.91 Å². The summed E-state index contributed by atoms with van der Waals surface area (Å²) in [5.41, 5.74) is 0. The van der Waals surface area contributed by atoms with Gasteiger partial charge in [-0.2, -0.15) is 0 Å². The molecule has 2 saturated heterocycles. The molecule has 0 aromatic carbocycles.